The molecule has 0 spiro atoms. The monoisotopic (exact) mass is 364 g/mol. The average molecular weight is 365 g/mol. The summed E-state index contributed by atoms with van der Waals surface area (Å²) >= 11 is 3.46. The van der Waals surface area contributed by atoms with E-state index in [1.54, 1.807) is 0 Å². The fourth-order valence-electron chi connectivity index (χ4n) is 2.75. The first kappa shape index (κ1) is 17.3. The van der Waals surface area contributed by atoms with Crippen LogP contribution in [0, 0.1) is 0 Å². The summed E-state index contributed by atoms with van der Waals surface area (Å²) in [5, 5.41) is 2.14. The number of halogens is 1. The molecule has 22 heavy (non-hydrogen) atoms. The Labute approximate surface area is 141 Å². The van der Waals surface area contributed by atoms with Crippen LogP contribution < -0.4 is 5.63 Å². The Hall–Kier alpha value is -1.09. The lowest BCUT2D eigenvalue weighted by Gasteiger charge is -2.03. The van der Waals surface area contributed by atoms with Gasteiger partial charge in [0.05, 0.1) is 0 Å². The smallest absolute Gasteiger partial charge is 0.339 e. The minimum atomic E-state index is -0.173. The molecule has 0 unspecified atom stereocenters. The first-order valence-electron chi connectivity index (χ1n) is 8.39. The lowest BCUT2D eigenvalue weighted by atomic mass is 10.0. The van der Waals surface area contributed by atoms with E-state index >= 15 is 0 Å². The Morgan fingerprint density at radius 1 is 0.864 bits per heavy atom. The quantitative estimate of drug-likeness (QED) is 0.300. The molecular weight excluding hydrogens is 340 g/mol. The van der Waals surface area contributed by atoms with E-state index in [0.717, 1.165) is 29.1 Å². The highest BCUT2D eigenvalue weighted by molar-refractivity contribution is 9.09. The number of hydrogen-bond donors (Lipinski definition) is 0. The SMILES string of the molecule is O=c1oc2ccccc2cc1CCCCCCCCCCBr. The lowest BCUT2D eigenvalue weighted by molar-refractivity contribution is 0.540. The van der Waals surface area contributed by atoms with Crippen LogP contribution in [0.25, 0.3) is 11.0 Å². The van der Waals surface area contributed by atoms with Gasteiger partial charge in [0.15, 0.2) is 0 Å². The van der Waals surface area contributed by atoms with Crippen LogP contribution in [0.1, 0.15) is 56.9 Å². The van der Waals surface area contributed by atoms with Crippen LogP contribution >= 0.6 is 15.9 Å². The molecule has 0 bridgehead atoms. The summed E-state index contributed by atoms with van der Waals surface area (Å²) in [6.45, 7) is 0. The lowest BCUT2D eigenvalue weighted by Crippen LogP contribution is -2.06. The van der Waals surface area contributed by atoms with Gasteiger partial charge in [-0.2, -0.15) is 0 Å². The molecule has 0 radical (unpaired) electrons. The van der Waals surface area contributed by atoms with Gasteiger partial charge in [0.25, 0.3) is 0 Å². The summed E-state index contributed by atoms with van der Waals surface area (Å²) in [4.78, 5) is 11.9. The van der Waals surface area contributed by atoms with E-state index in [-0.39, 0.29) is 5.63 Å². The largest absolute Gasteiger partial charge is 0.423 e. The molecule has 2 rings (SSSR count). The molecule has 0 aliphatic carbocycles. The molecule has 2 nitrogen and oxygen atoms in total. The molecule has 2 aromatic rings. The Morgan fingerprint density at radius 3 is 2.23 bits per heavy atom. The molecule has 0 aliphatic heterocycles. The van der Waals surface area contributed by atoms with Gasteiger partial charge in [-0.3, -0.25) is 0 Å². The number of hydrogen-bond acceptors (Lipinski definition) is 2. The highest BCUT2D eigenvalue weighted by Gasteiger charge is 2.04. The van der Waals surface area contributed by atoms with E-state index in [4.69, 9.17) is 4.42 Å². The van der Waals surface area contributed by atoms with E-state index in [1.165, 1.54) is 44.9 Å². The van der Waals surface area contributed by atoms with Crippen LogP contribution in [0.3, 0.4) is 0 Å². The highest BCUT2D eigenvalue weighted by atomic mass is 79.9. The van der Waals surface area contributed by atoms with Crippen molar-refractivity contribution in [1.82, 2.24) is 0 Å². The summed E-state index contributed by atoms with van der Waals surface area (Å²) in [5.74, 6) is 0. The van der Waals surface area contributed by atoms with E-state index < -0.39 is 0 Å². The molecule has 0 saturated carbocycles. The van der Waals surface area contributed by atoms with Gasteiger partial charge in [-0.15, -0.1) is 0 Å². The molecule has 1 aromatic heterocycles. The Morgan fingerprint density at radius 2 is 1.50 bits per heavy atom. The van der Waals surface area contributed by atoms with Crippen molar-refractivity contribution in [2.24, 2.45) is 0 Å². The van der Waals surface area contributed by atoms with Gasteiger partial charge in [0.1, 0.15) is 5.58 Å². The zero-order chi connectivity index (χ0) is 15.6. The normalized spacial score (nSPS) is 11.1. The van der Waals surface area contributed by atoms with Gasteiger partial charge < -0.3 is 4.42 Å². The second-order valence-electron chi connectivity index (χ2n) is 5.86. The van der Waals surface area contributed by atoms with Crippen molar-refractivity contribution in [3.05, 3.63) is 46.3 Å². The molecule has 0 saturated heterocycles. The van der Waals surface area contributed by atoms with Crippen molar-refractivity contribution in [2.45, 2.75) is 57.8 Å². The van der Waals surface area contributed by atoms with Crippen LogP contribution in [0.2, 0.25) is 0 Å². The molecular formula is C19H25BrO2. The minimum absolute atomic E-state index is 0.173. The number of para-hydroxylation sites is 1. The second kappa shape index (κ2) is 9.83. The third kappa shape index (κ3) is 5.60. The van der Waals surface area contributed by atoms with Crippen molar-refractivity contribution < 1.29 is 4.42 Å². The fourth-order valence-corrected chi connectivity index (χ4v) is 3.15. The van der Waals surface area contributed by atoms with Gasteiger partial charge in [-0.05, 0) is 31.4 Å². The van der Waals surface area contributed by atoms with Gasteiger partial charge in [-0.25, -0.2) is 4.79 Å². The maximum atomic E-state index is 11.9. The molecule has 0 atom stereocenters. The van der Waals surface area contributed by atoms with Gasteiger partial charge in [0.2, 0.25) is 0 Å². The van der Waals surface area contributed by atoms with E-state index in [9.17, 15) is 4.79 Å². The first-order valence-corrected chi connectivity index (χ1v) is 9.51. The number of unbranched alkanes of at least 4 members (excludes halogenated alkanes) is 7. The highest BCUT2D eigenvalue weighted by Crippen LogP contribution is 2.15. The standard InChI is InChI=1S/C19H25BrO2/c20-14-10-6-4-2-1-3-5-7-12-17-15-16-11-8-9-13-18(16)22-19(17)21/h8-9,11,13,15H,1-7,10,12,14H2. The summed E-state index contributed by atoms with van der Waals surface area (Å²) in [7, 11) is 0. The third-order valence-corrected chi connectivity index (χ3v) is 4.60. The number of alkyl halides is 1. The third-order valence-electron chi connectivity index (χ3n) is 4.04. The van der Waals surface area contributed by atoms with Crippen LogP contribution in [-0.4, -0.2) is 5.33 Å². The summed E-state index contributed by atoms with van der Waals surface area (Å²) in [6, 6.07) is 9.69. The molecule has 0 fully saturated rings. The van der Waals surface area contributed by atoms with Crippen molar-refractivity contribution in [3.63, 3.8) is 0 Å². The average Bonchev–Trinajstić information content (AvgIpc) is 2.53. The topological polar surface area (TPSA) is 30.2 Å². The summed E-state index contributed by atoms with van der Waals surface area (Å²) < 4.78 is 5.37. The maximum Gasteiger partial charge on any atom is 0.339 e. The second-order valence-corrected chi connectivity index (χ2v) is 6.66. The van der Waals surface area contributed by atoms with Crippen molar-refractivity contribution in [3.8, 4) is 0 Å². The van der Waals surface area contributed by atoms with E-state index in [0.29, 0.717) is 5.58 Å². The van der Waals surface area contributed by atoms with E-state index in [2.05, 4.69) is 15.9 Å². The molecule has 0 aliphatic rings. The summed E-state index contributed by atoms with van der Waals surface area (Å²) in [6.07, 6.45) is 11.0. The number of aryl methyl sites for hydroxylation is 1. The molecule has 1 heterocycles. The number of fused-ring (bicyclic) bond motifs is 1. The Kier molecular flexibility index (Phi) is 7.72. The molecule has 0 N–H and O–H groups in total. The fraction of sp³-hybridized carbons (Fsp3) is 0.526. The Balaban J connectivity index is 1.69. The zero-order valence-corrected chi connectivity index (χ0v) is 14.7. The van der Waals surface area contributed by atoms with Crippen LogP contribution in [-0.2, 0) is 6.42 Å². The van der Waals surface area contributed by atoms with Crippen molar-refractivity contribution >= 4 is 26.9 Å². The maximum absolute atomic E-state index is 11.9. The van der Waals surface area contributed by atoms with Gasteiger partial charge in [0, 0.05) is 16.3 Å². The predicted molar refractivity (Wildman–Crippen MR) is 96.9 cm³/mol. The molecule has 0 amide bonds. The predicted octanol–water partition coefficient (Wildman–Crippen LogP) is 5.85. The Bertz CT molecular complexity index is 618. The molecule has 1 aromatic carbocycles. The van der Waals surface area contributed by atoms with Crippen LogP contribution in [0.4, 0.5) is 0 Å². The zero-order valence-electron chi connectivity index (χ0n) is 13.2. The summed E-state index contributed by atoms with van der Waals surface area (Å²) in [5.41, 5.74) is 1.32. The number of rotatable bonds is 10. The first-order chi connectivity index (χ1) is 10.8. The van der Waals surface area contributed by atoms with Gasteiger partial charge in [-0.1, -0.05) is 72.7 Å². The molecule has 120 valence electrons. The number of benzene rings is 1. The van der Waals surface area contributed by atoms with Crippen molar-refractivity contribution in [2.75, 3.05) is 5.33 Å². The van der Waals surface area contributed by atoms with Crippen molar-refractivity contribution in [1.29, 1.82) is 0 Å². The minimum Gasteiger partial charge on any atom is -0.423 e. The van der Waals surface area contributed by atoms with Crippen LogP contribution in [0.15, 0.2) is 39.5 Å². The molecule has 3 heteroatoms. The van der Waals surface area contributed by atoms with E-state index in [1.807, 2.05) is 30.3 Å². The van der Waals surface area contributed by atoms with Gasteiger partial charge >= 0.3 is 5.63 Å². The van der Waals surface area contributed by atoms with Crippen LogP contribution in [0.5, 0.6) is 0 Å².